The first-order valence-electron chi connectivity index (χ1n) is 4.59. The van der Waals surface area contributed by atoms with Gasteiger partial charge in [-0.15, -0.1) is 0 Å². The first kappa shape index (κ1) is 10.5. The lowest BCUT2D eigenvalue weighted by molar-refractivity contribution is -0.147. The Morgan fingerprint density at radius 2 is 2.31 bits per heavy atom. The van der Waals surface area contributed by atoms with E-state index < -0.39 is 0 Å². The third kappa shape index (κ3) is 2.67. The zero-order chi connectivity index (χ0) is 9.84. The van der Waals surface area contributed by atoms with Crippen LogP contribution in [0.5, 0.6) is 0 Å². The monoisotopic (exact) mass is 187 g/mol. The fourth-order valence-corrected chi connectivity index (χ4v) is 1.56. The van der Waals surface area contributed by atoms with Gasteiger partial charge >= 0.3 is 5.97 Å². The van der Waals surface area contributed by atoms with Gasteiger partial charge in [0, 0.05) is 6.54 Å². The number of hydrogen-bond acceptors (Lipinski definition) is 4. The summed E-state index contributed by atoms with van der Waals surface area (Å²) in [5, 5.41) is 8.75. The lowest BCUT2D eigenvalue weighted by Crippen LogP contribution is -2.42. The van der Waals surface area contributed by atoms with Crippen LogP contribution in [0.25, 0.3) is 0 Å². The number of carbonyl (C=O) groups excluding carboxylic acids is 1. The van der Waals surface area contributed by atoms with Crippen LogP contribution in [0.4, 0.5) is 0 Å². The standard InChI is InChI=1S/C9H17NO3/c1-10(5-6-11)8(7-3-4-7)9(12)13-2/h7-8,11H,3-6H2,1-2H3. The van der Waals surface area contributed by atoms with Crippen molar-refractivity contribution < 1.29 is 14.6 Å². The lowest BCUT2D eigenvalue weighted by atomic mass is 10.1. The summed E-state index contributed by atoms with van der Waals surface area (Å²) in [5.41, 5.74) is 0. The predicted octanol–water partition coefficient (Wildman–Crippen LogP) is -0.138. The molecule has 0 saturated heterocycles. The third-order valence-corrected chi connectivity index (χ3v) is 2.44. The summed E-state index contributed by atoms with van der Waals surface area (Å²) in [5.74, 6) is 0.252. The molecular formula is C9H17NO3. The number of methoxy groups -OCH3 is 1. The molecule has 1 aliphatic rings. The average molecular weight is 187 g/mol. The number of rotatable bonds is 5. The summed E-state index contributed by atoms with van der Waals surface area (Å²) < 4.78 is 4.72. The van der Waals surface area contributed by atoms with Gasteiger partial charge in [-0.25, -0.2) is 0 Å². The number of likely N-dealkylation sites (N-methyl/N-ethyl adjacent to an activating group) is 1. The van der Waals surface area contributed by atoms with Crippen LogP contribution in [-0.2, 0) is 9.53 Å². The fourth-order valence-electron chi connectivity index (χ4n) is 1.56. The topological polar surface area (TPSA) is 49.8 Å². The molecule has 1 aliphatic carbocycles. The summed E-state index contributed by atoms with van der Waals surface area (Å²) in [6.45, 7) is 0.604. The minimum atomic E-state index is -0.182. The van der Waals surface area contributed by atoms with Crippen LogP contribution in [0.1, 0.15) is 12.8 Å². The molecule has 0 aromatic heterocycles. The summed E-state index contributed by atoms with van der Waals surface area (Å²) in [6, 6.07) is -0.155. The molecule has 1 rings (SSSR count). The quantitative estimate of drug-likeness (QED) is 0.609. The number of carbonyl (C=O) groups is 1. The Bertz CT molecular complexity index is 180. The molecule has 0 bridgehead atoms. The van der Waals surface area contributed by atoms with Crippen molar-refractivity contribution in [1.82, 2.24) is 4.90 Å². The van der Waals surface area contributed by atoms with Crippen molar-refractivity contribution in [3.8, 4) is 0 Å². The van der Waals surface area contributed by atoms with Gasteiger partial charge in [-0.3, -0.25) is 9.69 Å². The Labute approximate surface area is 78.5 Å². The van der Waals surface area contributed by atoms with Crippen LogP contribution in [0.15, 0.2) is 0 Å². The van der Waals surface area contributed by atoms with Gasteiger partial charge in [-0.05, 0) is 25.8 Å². The van der Waals surface area contributed by atoms with Crippen molar-refractivity contribution in [3.05, 3.63) is 0 Å². The van der Waals surface area contributed by atoms with Crippen LogP contribution in [0.2, 0.25) is 0 Å². The second-order valence-corrected chi connectivity index (χ2v) is 3.51. The average Bonchev–Trinajstić information content (AvgIpc) is 2.89. The molecule has 0 heterocycles. The van der Waals surface area contributed by atoms with E-state index in [1.165, 1.54) is 7.11 Å². The molecular weight excluding hydrogens is 170 g/mol. The van der Waals surface area contributed by atoms with E-state index in [4.69, 9.17) is 9.84 Å². The normalized spacial score (nSPS) is 18.8. The smallest absolute Gasteiger partial charge is 0.323 e. The van der Waals surface area contributed by atoms with Crippen LogP contribution in [0, 0.1) is 5.92 Å². The van der Waals surface area contributed by atoms with E-state index in [9.17, 15) is 4.79 Å². The number of ether oxygens (including phenoxy) is 1. The number of aliphatic hydroxyl groups is 1. The fraction of sp³-hybridized carbons (Fsp3) is 0.889. The largest absolute Gasteiger partial charge is 0.468 e. The molecule has 4 nitrogen and oxygen atoms in total. The Morgan fingerprint density at radius 1 is 1.69 bits per heavy atom. The summed E-state index contributed by atoms with van der Waals surface area (Å²) in [6.07, 6.45) is 2.19. The molecule has 13 heavy (non-hydrogen) atoms. The van der Waals surface area contributed by atoms with Gasteiger partial charge in [-0.2, -0.15) is 0 Å². The third-order valence-electron chi connectivity index (χ3n) is 2.44. The maximum absolute atomic E-state index is 11.4. The van der Waals surface area contributed by atoms with E-state index in [0.717, 1.165) is 12.8 Å². The zero-order valence-electron chi connectivity index (χ0n) is 8.19. The highest BCUT2D eigenvalue weighted by molar-refractivity contribution is 5.76. The van der Waals surface area contributed by atoms with Gasteiger partial charge < -0.3 is 9.84 Å². The minimum absolute atomic E-state index is 0.0801. The van der Waals surface area contributed by atoms with Crippen molar-refractivity contribution in [2.75, 3.05) is 27.3 Å². The second-order valence-electron chi connectivity index (χ2n) is 3.51. The molecule has 1 atom stereocenters. The van der Waals surface area contributed by atoms with Crippen molar-refractivity contribution in [2.45, 2.75) is 18.9 Å². The minimum Gasteiger partial charge on any atom is -0.468 e. The molecule has 0 aromatic carbocycles. The Balaban J connectivity index is 2.50. The second kappa shape index (κ2) is 4.58. The Hall–Kier alpha value is -0.610. The summed E-state index contributed by atoms with van der Waals surface area (Å²) >= 11 is 0. The zero-order valence-corrected chi connectivity index (χ0v) is 8.19. The van der Waals surface area contributed by atoms with Crippen LogP contribution >= 0.6 is 0 Å². The Kier molecular flexibility index (Phi) is 3.69. The van der Waals surface area contributed by atoms with E-state index in [0.29, 0.717) is 12.5 Å². The van der Waals surface area contributed by atoms with Crippen molar-refractivity contribution in [3.63, 3.8) is 0 Å². The summed E-state index contributed by atoms with van der Waals surface area (Å²) in [7, 11) is 3.25. The molecule has 0 aliphatic heterocycles. The molecule has 1 unspecified atom stereocenters. The molecule has 76 valence electrons. The molecule has 0 amide bonds. The highest BCUT2D eigenvalue weighted by Crippen LogP contribution is 2.35. The molecule has 1 N–H and O–H groups in total. The highest BCUT2D eigenvalue weighted by atomic mass is 16.5. The maximum Gasteiger partial charge on any atom is 0.323 e. The van der Waals surface area contributed by atoms with Crippen LogP contribution in [-0.4, -0.2) is 49.3 Å². The maximum atomic E-state index is 11.4. The molecule has 1 fully saturated rings. The highest BCUT2D eigenvalue weighted by Gasteiger charge is 2.39. The van der Waals surface area contributed by atoms with Gasteiger partial charge in [0.25, 0.3) is 0 Å². The van der Waals surface area contributed by atoms with Crippen molar-refractivity contribution in [1.29, 1.82) is 0 Å². The van der Waals surface area contributed by atoms with Crippen LogP contribution in [0.3, 0.4) is 0 Å². The first-order valence-corrected chi connectivity index (χ1v) is 4.59. The van der Waals surface area contributed by atoms with E-state index >= 15 is 0 Å². The van der Waals surface area contributed by atoms with E-state index in [-0.39, 0.29) is 18.6 Å². The number of nitrogens with zero attached hydrogens (tertiary/aromatic N) is 1. The molecule has 1 saturated carbocycles. The van der Waals surface area contributed by atoms with Gasteiger partial charge in [0.1, 0.15) is 6.04 Å². The van der Waals surface area contributed by atoms with Crippen molar-refractivity contribution >= 4 is 5.97 Å². The van der Waals surface area contributed by atoms with E-state index in [1.807, 2.05) is 11.9 Å². The first-order chi connectivity index (χ1) is 6.20. The van der Waals surface area contributed by atoms with Gasteiger partial charge in [-0.1, -0.05) is 0 Å². The predicted molar refractivity (Wildman–Crippen MR) is 48.2 cm³/mol. The van der Waals surface area contributed by atoms with E-state index in [1.54, 1.807) is 0 Å². The van der Waals surface area contributed by atoms with Gasteiger partial charge in [0.2, 0.25) is 0 Å². The number of aliphatic hydroxyl groups excluding tert-OH is 1. The molecule has 0 spiro atoms. The molecule has 0 radical (unpaired) electrons. The van der Waals surface area contributed by atoms with Crippen molar-refractivity contribution in [2.24, 2.45) is 5.92 Å². The number of hydrogen-bond donors (Lipinski definition) is 1. The lowest BCUT2D eigenvalue weighted by Gasteiger charge is -2.24. The van der Waals surface area contributed by atoms with E-state index in [2.05, 4.69) is 0 Å². The number of esters is 1. The van der Waals surface area contributed by atoms with Gasteiger partial charge in [0.05, 0.1) is 13.7 Å². The Morgan fingerprint density at radius 3 is 2.69 bits per heavy atom. The summed E-state index contributed by atoms with van der Waals surface area (Å²) in [4.78, 5) is 13.2. The van der Waals surface area contributed by atoms with Gasteiger partial charge in [0.15, 0.2) is 0 Å². The SMILES string of the molecule is COC(=O)C(C1CC1)N(C)CCO. The van der Waals surface area contributed by atoms with Crippen LogP contribution < -0.4 is 0 Å². The molecule has 4 heteroatoms. The molecule has 0 aromatic rings.